The summed E-state index contributed by atoms with van der Waals surface area (Å²) in [5.74, 6) is -4.88. The quantitative estimate of drug-likeness (QED) is 0.0963. The average molecular weight is 2280 g/mol. The number of aliphatic hydroxyl groups excluding tert-OH is 2. The van der Waals surface area contributed by atoms with Crippen molar-refractivity contribution in [2.24, 2.45) is 0 Å². The van der Waals surface area contributed by atoms with Crippen LogP contribution in [0.2, 0.25) is 0 Å². The molecule has 0 saturated heterocycles. The number of rotatable bonds is 11. The van der Waals surface area contributed by atoms with Gasteiger partial charge in [-0.3, -0.25) is 39.5 Å². The Morgan fingerprint density at radius 3 is 0.922 bits per heavy atom. The van der Waals surface area contributed by atoms with E-state index in [9.17, 15) is 39.5 Å². The molecule has 0 unspecified atom stereocenters. The summed E-state index contributed by atoms with van der Waals surface area (Å²) in [5, 5.41) is 17.9. The molecule has 0 saturated carbocycles. The van der Waals surface area contributed by atoms with Gasteiger partial charge in [0.15, 0.2) is 0 Å². The molecule has 0 aliphatic rings. The van der Waals surface area contributed by atoms with E-state index < -0.39 is 34.9 Å². The summed E-state index contributed by atoms with van der Waals surface area (Å²) in [6.45, 7) is -0.185. The van der Waals surface area contributed by atoms with Crippen molar-refractivity contribution in [3.8, 4) is 67.5 Å². The fraction of sp³-hybridized carbons (Fsp3) is 0.0250. The first-order valence-corrected chi connectivity index (χ1v) is 29.6. The van der Waals surface area contributed by atoms with Crippen LogP contribution in [0.25, 0.3) is 67.5 Å². The number of nitrogens with zero attached hydrogens (tertiary/aromatic N) is 7. The minimum atomic E-state index is -0.720. The van der Waals surface area contributed by atoms with Gasteiger partial charge in [-0.15, -0.1) is 126 Å². The molecular weight excluding hydrogens is 2220 g/mol. The van der Waals surface area contributed by atoms with Gasteiger partial charge in [-0.05, 0) is 106 Å². The third-order valence-electron chi connectivity index (χ3n) is 13.5. The Morgan fingerprint density at radius 2 is 0.573 bits per heavy atom. The molecule has 0 aliphatic heterocycles. The van der Waals surface area contributed by atoms with Crippen molar-refractivity contribution in [3.63, 3.8) is 0 Å². The maximum atomic E-state index is 13.4. The maximum absolute atomic E-state index is 13.4. The number of halogens is 9. The van der Waals surface area contributed by atoms with E-state index in [-0.39, 0.29) is 148 Å². The van der Waals surface area contributed by atoms with Crippen LogP contribution in [0.1, 0.15) is 11.1 Å². The summed E-state index contributed by atoms with van der Waals surface area (Å²) in [4.78, 5) is 26.7. The first-order chi connectivity index (χ1) is 47.7. The molecule has 103 heavy (non-hydrogen) atoms. The van der Waals surface area contributed by atoms with Crippen molar-refractivity contribution in [3.05, 3.63) is 380 Å². The number of hydrogen-bond acceptors (Lipinski definition) is 9. The van der Waals surface area contributed by atoms with E-state index in [0.717, 1.165) is 81.5 Å². The van der Waals surface area contributed by atoms with Crippen LogP contribution in [-0.2, 0) is 114 Å². The monoisotopic (exact) mass is 2280 g/mol. The van der Waals surface area contributed by atoms with Gasteiger partial charge in [-0.2, -0.15) is 0 Å². The molecule has 0 aliphatic carbocycles. The predicted octanol–water partition coefficient (Wildman–Crippen LogP) is 19.0. The van der Waals surface area contributed by atoms with Crippen LogP contribution in [-0.4, -0.2) is 40.1 Å². The van der Waals surface area contributed by atoms with Gasteiger partial charge < -0.3 is 45.0 Å². The molecule has 14 rings (SSSR count). The second kappa shape index (κ2) is 45.2. The van der Waals surface area contributed by atoms with Crippen molar-refractivity contribution in [1.82, 2.24) is 29.9 Å². The zero-order chi connectivity index (χ0) is 69.0. The zero-order valence-corrected chi connectivity index (χ0v) is 65.0. The summed E-state index contributed by atoms with van der Waals surface area (Å²) in [6.07, 6.45) is 9.63. The molecule has 0 spiro atoms. The van der Waals surface area contributed by atoms with Crippen LogP contribution in [0.3, 0.4) is 0 Å². The van der Waals surface area contributed by atoms with Crippen molar-refractivity contribution in [1.29, 1.82) is 0 Å². The molecule has 0 atom stereocenters. The van der Waals surface area contributed by atoms with Crippen molar-refractivity contribution >= 4 is 17.1 Å². The van der Waals surface area contributed by atoms with E-state index in [0.29, 0.717) is 33.9 Å². The van der Waals surface area contributed by atoms with Gasteiger partial charge in [0.1, 0.15) is 0 Å². The van der Waals surface area contributed by atoms with Gasteiger partial charge in [0, 0.05) is 207 Å². The number of benzene rings is 8. The van der Waals surface area contributed by atoms with Crippen LogP contribution in [0.5, 0.6) is 0 Å². The van der Waals surface area contributed by atoms with Crippen molar-refractivity contribution in [2.75, 3.05) is 4.90 Å². The van der Waals surface area contributed by atoms with Crippen LogP contribution in [0.15, 0.2) is 280 Å². The molecule has 0 amide bonds. The van der Waals surface area contributed by atoms with E-state index in [4.69, 9.17) is 10.2 Å². The molecule has 9 nitrogen and oxygen atoms in total. The fourth-order valence-corrected chi connectivity index (χ4v) is 8.90. The Kier molecular flexibility index (Phi) is 37.9. The molecule has 6 aromatic heterocycles. The molecule has 0 bridgehead atoms. The molecule has 533 valence electrons. The number of anilines is 3. The van der Waals surface area contributed by atoms with E-state index in [1.807, 2.05) is 66.7 Å². The average Bonchev–Trinajstić information content (AvgIpc) is 0.800. The number of pyridine rings is 6. The van der Waals surface area contributed by atoms with Gasteiger partial charge in [-0.25, -0.2) is 0 Å². The summed E-state index contributed by atoms with van der Waals surface area (Å²) in [7, 11) is 0. The molecular formula is C80H52F9Ir5N7O2-6. The summed E-state index contributed by atoms with van der Waals surface area (Å²) >= 11 is 0. The topological polar surface area (TPSA) is 121 Å². The van der Waals surface area contributed by atoms with Crippen LogP contribution in [0.4, 0.5) is 56.6 Å². The molecule has 2 N–H and O–H groups in total. The Balaban J connectivity index is 0.000000264. The van der Waals surface area contributed by atoms with Gasteiger partial charge in [0.25, 0.3) is 0 Å². The largest absolute Gasteiger partial charge is 0.392 e. The molecule has 8 aromatic carbocycles. The second-order valence-electron chi connectivity index (χ2n) is 20.3. The van der Waals surface area contributed by atoms with E-state index in [1.54, 1.807) is 104 Å². The SMILES string of the molecule is Fc1c[c-]c(-c2cc(N(c3ccccc3)c3ccccc3)ccn2)cc1.Fc1c[c-]c(-c2ccccn2)c(F)c1.Fc1c[c-]c(-c2ccccn2)c(F)c1.Fc1c[c-]c(-c2ccccn2)cc1.OCc1ccnc(-c2[c-]cc(F)cc2)c1.OCc1ccnc(-c2[c-]cc(F)cc2F)c1.[Ir].[Ir].[Ir].[Ir].[Ir]. The number of aliphatic hydroxyl groups is 2. The summed E-state index contributed by atoms with van der Waals surface area (Å²) < 4.78 is 116. The molecule has 5 radical (unpaired) electrons. The number of para-hydroxylation sites is 2. The Labute approximate surface area is 656 Å². The van der Waals surface area contributed by atoms with E-state index in [1.165, 1.54) is 48.7 Å². The minimum Gasteiger partial charge on any atom is -0.392 e. The smallest absolute Gasteiger partial charge is 0.0675 e. The molecule has 14 aromatic rings. The first kappa shape index (κ1) is 86.4. The summed E-state index contributed by atoms with van der Waals surface area (Å²) in [6, 6.07) is 81.5. The van der Waals surface area contributed by atoms with Gasteiger partial charge in [0.05, 0.1) is 13.2 Å². The minimum absolute atomic E-state index is 0. The number of aromatic nitrogens is 6. The Hall–Kier alpha value is -9.00. The molecule has 0 fully saturated rings. The molecule has 23 heteroatoms. The van der Waals surface area contributed by atoms with Gasteiger partial charge in [0.2, 0.25) is 0 Å². The molecule has 6 heterocycles. The van der Waals surface area contributed by atoms with Gasteiger partial charge in [-0.1, -0.05) is 126 Å². The van der Waals surface area contributed by atoms with E-state index in [2.05, 4.69) is 95.5 Å². The third kappa shape index (κ3) is 26.6. The Morgan fingerprint density at radius 1 is 0.262 bits per heavy atom. The Bertz CT molecular complexity index is 4650. The first-order valence-electron chi connectivity index (χ1n) is 29.6. The normalized spacial score (nSPS) is 9.78. The predicted molar refractivity (Wildman–Crippen MR) is 357 cm³/mol. The van der Waals surface area contributed by atoms with Crippen LogP contribution < -0.4 is 4.90 Å². The van der Waals surface area contributed by atoms with Crippen molar-refractivity contribution in [2.45, 2.75) is 13.2 Å². The summed E-state index contributed by atoms with van der Waals surface area (Å²) in [5.41, 5.74) is 10.7. The van der Waals surface area contributed by atoms with Crippen LogP contribution in [0, 0.1) is 88.8 Å². The fourth-order valence-electron chi connectivity index (χ4n) is 8.90. The zero-order valence-electron chi connectivity index (χ0n) is 53.1. The van der Waals surface area contributed by atoms with Crippen molar-refractivity contribution < 1.29 is 150 Å². The second-order valence-corrected chi connectivity index (χ2v) is 20.3. The number of hydrogen-bond donors (Lipinski definition) is 2. The van der Waals surface area contributed by atoms with Gasteiger partial charge >= 0.3 is 0 Å². The maximum Gasteiger partial charge on any atom is 0.0675 e. The van der Waals surface area contributed by atoms with E-state index >= 15 is 0 Å². The third-order valence-corrected chi connectivity index (χ3v) is 13.5. The standard InChI is InChI=1S/C23H16FN2.C12H8F2NO.C12H9FNO.2C11H6F2N.C11H7FN.5Ir/c24-19-13-11-18(12-14-19)23-17-22(15-16-25-23)26(20-7-3-1-4-8-20)21-9-5-2-6-10-21;13-9-1-2-10(11(14)6-9)12-5-8(7-16)3-4-15-12;13-11-3-1-10(2-4-11)12-7-9(8-15)5-6-14-12;2*12-8-4-5-9(10(13)7-8)11-3-1-2-6-14-11;12-10-6-4-9(5-7-10)11-3-1-2-8-13-11;;;;;/h1-11,13-17H;1,3-6,16H,7H2;1,3-7,15H,8H2;2*1-4,6-7H;1-4,6-8H;;;;;/q6*-1;;;;;. The van der Waals surface area contributed by atoms with Crippen LogP contribution >= 0.6 is 0 Å².